The molecule has 1 aromatic carbocycles. The normalized spacial score (nSPS) is 20.0. The first kappa shape index (κ1) is 12.4. The van der Waals surface area contributed by atoms with Crippen molar-refractivity contribution in [1.29, 1.82) is 0 Å². The maximum absolute atomic E-state index is 4.19. The van der Waals surface area contributed by atoms with Gasteiger partial charge in [-0.15, -0.1) is 10.2 Å². The fourth-order valence-corrected chi connectivity index (χ4v) is 2.99. The first-order valence-electron chi connectivity index (χ1n) is 6.93. The number of hydrogen-bond donors (Lipinski definition) is 1. The molecule has 2 aromatic rings. The maximum atomic E-state index is 4.19. The number of fused-ring (bicyclic) bond motifs is 1. The Hall–Kier alpha value is -1.68. The number of nitrogens with zero attached hydrogens (tertiary/aromatic N) is 3. The van der Waals surface area contributed by atoms with Gasteiger partial charge in [0.25, 0.3) is 0 Å². The Morgan fingerprint density at radius 1 is 1.37 bits per heavy atom. The van der Waals surface area contributed by atoms with Crippen LogP contribution in [0.4, 0.5) is 0 Å². The summed E-state index contributed by atoms with van der Waals surface area (Å²) in [5, 5.41) is 11.8. The molecule has 1 N–H and O–H groups in total. The van der Waals surface area contributed by atoms with E-state index in [-0.39, 0.29) is 6.04 Å². The number of aryl methyl sites for hydroxylation is 2. The summed E-state index contributed by atoms with van der Waals surface area (Å²) in [5.41, 5.74) is 2.93. The monoisotopic (exact) mass is 256 g/mol. The predicted molar refractivity (Wildman–Crippen MR) is 74.7 cm³/mol. The van der Waals surface area contributed by atoms with Crippen LogP contribution in [0.25, 0.3) is 0 Å². The van der Waals surface area contributed by atoms with E-state index in [1.807, 2.05) is 11.6 Å². The molecule has 0 radical (unpaired) electrons. The van der Waals surface area contributed by atoms with Crippen molar-refractivity contribution in [3.8, 4) is 0 Å². The van der Waals surface area contributed by atoms with Crippen LogP contribution in [0.3, 0.4) is 0 Å². The lowest BCUT2D eigenvalue weighted by molar-refractivity contribution is 0.400. The molecular weight excluding hydrogens is 236 g/mol. The molecule has 2 unspecified atom stereocenters. The van der Waals surface area contributed by atoms with Crippen molar-refractivity contribution in [2.24, 2.45) is 7.05 Å². The Morgan fingerprint density at radius 3 is 3.00 bits per heavy atom. The summed E-state index contributed by atoms with van der Waals surface area (Å²) in [5.74, 6) is 0.989. The standard InChI is InChI=1S/C15H20N4/c1-11(15-18-16-10-19(15)2)17-14-9-5-7-12-6-3-4-8-13(12)14/h3-4,6,8,10-11,14,17H,5,7,9H2,1-2H3. The van der Waals surface area contributed by atoms with Crippen LogP contribution in [0.1, 0.15) is 48.8 Å². The van der Waals surface area contributed by atoms with Crippen LogP contribution in [-0.4, -0.2) is 14.8 Å². The highest BCUT2D eigenvalue weighted by Crippen LogP contribution is 2.31. The van der Waals surface area contributed by atoms with Gasteiger partial charge < -0.3 is 9.88 Å². The van der Waals surface area contributed by atoms with Crippen LogP contribution in [0.15, 0.2) is 30.6 Å². The summed E-state index contributed by atoms with van der Waals surface area (Å²) in [6.45, 7) is 2.15. The lowest BCUT2D eigenvalue weighted by Gasteiger charge is -2.28. The van der Waals surface area contributed by atoms with Crippen LogP contribution in [-0.2, 0) is 13.5 Å². The predicted octanol–water partition coefficient (Wildman–Crippen LogP) is 2.54. The van der Waals surface area contributed by atoms with E-state index in [0.717, 1.165) is 5.82 Å². The molecule has 1 aliphatic carbocycles. The Balaban J connectivity index is 1.80. The Kier molecular flexibility index (Phi) is 3.34. The summed E-state index contributed by atoms with van der Waals surface area (Å²) in [4.78, 5) is 0. The molecular formula is C15H20N4. The van der Waals surface area contributed by atoms with Gasteiger partial charge in [0.1, 0.15) is 12.2 Å². The van der Waals surface area contributed by atoms with E-state index in [1.54, 1.807) is 6.33 Å². The quantitative estimate of drug-likeness (QED) is 0.917. The molecule has 19 heavy (non-hydrogen) atoms. The van der Waals surface area contributed by atoms with Gasteiger partial charge in [0.15, 0.2) is 0 Å². The molecule has 0 aliphatic heterocycles. The molecule has 0 saturated carbocycles. The van der Waals surface area contributed by atoms with Crippen LogP contribution in [0, 0.1) is 0 Å². The van der Waals surface area contributed by atoms with E-state index < -0.39 is 0 Å². The molecule has 0 fully saturated rings. The summed E-state index contributed by atoms with van der Waals surface area (Å²) < 4.78 is 1.98. The first-order chi connectivity index (χ1) is 9.25. The summed E-state index contributed by atoms with van der Waals surface area (Å²) in [6, 6.07) is 9.39. The highest BCUT2D eigenvalue weighted by atomic mass is 15.3. The smallest absolute Gasteiger partial charge is 0.149 e. The molecule has 4 heteroatoms. The molecule has 1 aromatic heterocycles. The van der Waals surface area contributed by atoms with E-state index in [9.17, 15) is 0 Å². The molecule has 0 spiro atoms. The van der Waals surface area contributed by atoms with Crippen molar-refractivity contribution in [3.63, 3.8) is 0 Å². The highest BCUT2D eigenvalue weighted by Gasteiger charge is 2.22. The Bertz CT molecular complexity index is 561. The topological polar surface area (TPSA) is 42.7 Å². The Morgan fingerprint density at radius 2 is 2.21 bits per heavy atom. The number of rotatable bonds is 3. The van der Waals surface area contributed by atoms with E-state index in [4.69, 9.17) is 0 Å². The third-order valence-electron chi connectivity index (χ3n) is 3.95. The lowest BCUT2D eigenvalue weighted by atomic mass is 9.87. The zero-order valence-corrected chi connectivity index (χ0v) is 11.5. The van der Waals surface area contributed by atoms with Crippen molar-refractivity contribution in [3.05, 3.63) is 47.5 Å². The number of benzene rings is 1. The third-order valence-corrected chi connectivity index (χ3v) is 3.95. The fraction of sp³-hybridized carbons (Fsp3) is 0.467. The Labute approximate surface area is 113 Å². The van der Waals surface area contributed by atoms with Crippen LogP contribution < -0.4 is 5.32 Å². The number of nitrogens with one attached hydrogen (secondary N) is 1. The van der Waals surface area contributed by atoms with Gasteiger partial charge in [-0.25, -0.2) is 0 Å². The minimum atomic E-state index is 0.212. The van der Waals surface area contributed by atoms with Gasteiger partial charge in [0.05, 0.1) is 6.04 Å². The first-order valence-corrected chi connectivity index (χ1v) is 6.93. The molecule has 100 valence electrons. The molecule has 1 heterocycles. The second-order valence-corrected chi connectivity index (χ2v) is 5.33. The molecule has 4 nitrogen and oxygen atoms in total. The van der Waals surface area contributed by atoms with Crippen molar-refractivity contribution in [1.82, 2.24) is 20.1 Å². The van der Waals surface area contributed by atoms with Gasteiger partial charge in [0, 0.05) is 13.1 Å². The number of aromatic nitrogens is 3. The lowest BCUT2D eigenvalue weighted by Crippen LogP contribution is -2.29. The summed E-state index contributed by atoms with van der Waals surface area (Å²) in [7, 11) is 1.99. The molecule has 1 aliphatic rings. The average molecular weight is 256 g/mol. The van der Waals surface area contributed by atoms with E-state index in [1.165, 1.54) is 30.4 Å². The van der Waals surface area contributed by atoms with Gasteiger partial charge in [-0.3, -0.25) is 0 Å². The van der Waals surface area contributed by atoms with Crippen LogP contribution in [0.5, 0.6) is 0 Å². The minimum absolute atomic E-state index is 0.212. The largest absolute Gasteiger partial charge is 0.319 e. The van der Waals surface area contributed by atoms with Crippen molar-refractivity contribution in [2.45, 2.75) is 38.3 Å². The van der Waals surface area contributed by atoms with E-state index in [2.05, 4.69) is 46.7 Å². The molecule has 2 atom stereocenters. The van der Waals surface area contributed by atoms with Crippen LogP contribution >= 0.6 is 0 Å². The van der Waals surface area contributed by atoms with Crippen molar-refractivity contribution < 1.29 is 0 Å². The molecule has 0 saturated heterocycles. The van der Waals surface area contributed by atoms with Gasteiger partial charge >= 0.3 is 0 Å². The van der Waals surface area contributed by atoms with E-state index >= 15 is 0 Å². The highest BCUT2D eigenvalue weighted by molar-refractivity contribution is 5.32. The van der Waals surface area contributed by atoms with Gasteiger partial charge in [-0.1, -0.05) is 24.3 Å². The van der Waals surface area contributed by atoms with Gasteiger partial charge in [0.2, 0.25) is 0 Å². The second kappa shape index (κ2) is 5.13. The second-order valence-electron chi connectivity index (χ2n) is 5.33. The zero-order chi connectivity index (χ0) is 13.2. The molecule has 3 rings (SSSR count). The van der Waals surface area contributed by atoms with Gasteiger partial charge in [-0.05, 0) is 37.3 Å². The maximum Gasteiger partial charge on any atom is 0.149 e. The molecule has 0 bridgehead atoms. The van der Waals surface area contributed by atoms with Crippen molar-refractivity contribution >= 4 is 0 Å². The SMILES string of the molecule is CC(NC1CCCc2ccccc21)c1nncn1C. The zero-order valence-electron chi connectivity index (χ0n) is 11.5. The van der Waals surface area contributed by atoms with Crippen LogP contribution in [0.2, 0.25) is 0 Å². The summed E-state index contributed by atoms with van der Waals surface area (Å²) >= 11 is 0. The average Bonchev–Trinajstić information content (AvgIpc) is 2.85. The summed E-state index contributed by atoms with van der Waals surface area (Å²) in [6.07, 6.45) is 5.40. The van der Waals surface area contributed by atoms with Crippen molar-refractivity contribution in [2.75, 3.05) is 0 Å². The minimum Gasteiger partial charge on any atom is -0.319 e. The fourth-order valence-electron chi connectivity index (χ4n) is 2.99. The molecule has 0 amide bonds. The number of hydrogen-bond acceptors (Lipinski definition) is 3. The van der Waals surface area contributed by atoms with Gasteiger partial charge in [-0.2, -0.15) is 0 Å². The third kappa shape index (κ3) is 2.40. The van der Waals surface area contributed by atoms with E-state index in [0.29, 0.717) is 6.04 Å².